The maximum Gasteiger partial charge on any atom is 0.224 e. The molecule has 17 heavy (non-hydrogen) atoms. The van der Waals surface area contributed by atoms with Gasteiger partial charge in [0.15, 0.2) is 0 Å². The Balaban J connectivity index is 2.07. The maximum atomic E-state index is 11.9. The van der Waals surface area contributed by atoms with Gasteiger partial charge in [-0.15, -0.1) is 0 Å². The number of para-hydroxylation sites is 1. The summed E-state index contributed by atoms with van der Waals surface area (Å²) in [5.41, 5.74) is 2.56. The van der Waals surface area contributed by atoms with E-state index in [-0.39, 0.29) is 5.91 Å². The largest absolute Gasteiger partial charge is 0.309 e. The van der Waals surface area contributed by atoms with E-state index in [0.29, 0.717) is 12.0 Å². The number of nitrogens with zero attached hydrogens (tertiary/aromatic N) is 1. The van der Waals surface area contributed by atoms with Crippen LogP contribution < -0.4 is 4.90 Å². The van der Waals surface area contributed by atoms with Crippen molar-refractivity contribution in [3.05, 3.63) is 29.8 Å². The Bertz CT molecular complexity index is 440. The van der Waals surface area contributed by atoms with Crippen molar-refractivity contribution in [2.75, 3.05) is 4.90 Å². The van der Waals surface area contributed by atoms with Gasteiger partial charge in [0.05, 0.1) is 0 Å². The number of rotatable bonds is 0. The van der Waals surface area contributed by atoms with E-state index in [1.54, 1.807) is 6.92 Å². The van der Waals surface area contributed by atoms with Crippen LogP contribution in [0.4, 0.5) is 5.69 Å². The molecule has 0 N–H and O–H groups in total. The van der Waals surface area contributed by atoms with E-state index in [0.717, 1.165) is 5.69 Å². The van der Waals surface area contributed by atoms with Crippen LogP contribution in [0.1, 0.15) is 50.5 Å². The highest BCUT2D eigenvalue weighted by Gasteiger charge is 2.40. The number of carbonyl (C=O) groups excluding carboxylic acids is 1. The van der Waals surface area contributed by atoms with Crippen molar-refractivity contribution in [2.24, 2.45) is 0 Å². The van der Waals surface area contributed by atoms with Gasteiger partial charge in [0.1, 0.15) is 0 Å². The van der Waals surface area contributed by atoms with Gasteiger partial charge in [-0.05, 0) is 24.5 Å². The fourth-order valence-electron chi connectivity index (χ4n) is 3.56. The molecule has 1 amide bonds. The first kappa shape index (κ1) is 10.8. The van der Waals surface area contributed by atoms with E-state index in [1.807, 2.05) is 11.0 Å². The van der Waals surface area contributed by atoms with Gasteiger partial charge < -0.3 is 4.90 Å². The van der Waals surface area contributed by atoms with Crippen molar-refractivity contribution in [3.63, 3.8) is 0 Å². The molecular formula is C15H19NO. The van der Waals surface area contributed by atoms with Crippen LogP contribution in [0, 0.1) is 0 Å². The molecule has 90 valence electrons. The van der Waals surface area contributed by atoms with Crippen molar-refractivity contribution in [1.29, 1.82) is 0 Å². The van der Waals surface area contributed by atoms with Crippen LogP contribution in [0.2, 0.25) is 0 Å². The molecule has 0 unspecified atom stereocenters. The summed E-state index contributed by atoms with van der Waals surface area (Å²) < 4.78 is 0. The third kappa shape index (κ3) is 1.67. The Morgan fingerprint density at radius 1 is 1.18 bits per heavy atom. The smallest absolute Gasteiger partial charge is 0.224 e. The number of carbonyl (C=O) groups is 1. The topological polar surface area (TPSA) is 20.3 Å². The number of fused-ring (bicyclic) bond motifs is 3. The van der Waals surface area contributed by atoms with E-state index in [9.17, 15) is 4.79 Å². The van der Waals surface area contributed by atoms with Crippen molar-refractivity contribution in [3.8, 4) is 0 Å². The van der Waals surface area contributed by atoms with E-state index in [4.69, 9.17) is 0 Å². The Hall–Kier alpha value is -1.31. The average Bonchev–Trinajstić information content (AvgIpc) is 2.48. The molecule has 2 aliphatic rings. The van der Waals surface area contributed by atoms with E-state index in [2.05, 4.69) is 18.2 Å². The molecule has 3 rings (SSSR count). The summed E-state index contributed by atoms with van der Waals surface area (Å²) in [6.45, 7) is 1.70. The predicted molar refractivity (Wildman–Crippen MR) is 69.2 cm³/mol. The molecular weight excluding hydrogens is 210 g/mol. The molecule has 2 nitrogen and oxygen atoms in total. The highest BCUT2D eigenvalue weighted by Crippen LogP contribution is 2.46. The van der Waals surface area contributed by atoms with Gasteiger partial charge in [-0.2, -0.15) is 0 Å². The first-order chi connectivity index (χ1) is 8.29. The average molecular weight is 229 g/mol. The summed E-state index contributed by atoms with van der Waals surface area (Å²) >= 11 is 0. The molecule has 0 spiro atoms. The van der Waals surface area contributed by atoms with Gasteiger partial charge >= 0.3 is 0 Å². The van der Waals surface area contributed by atoms with E-state index < -0.39 is 0 Å². The molecule has 1 fully saturated rings. The van der Waals surface area contributed by atoms with E-state index >= 15 is 0 Å². The fraction of sp³-hybridized carbons (Fsp3) is 0.533. The highest BCUT2D eigenvalue weighted by atomic mass is 16.2. The zero-order valence-corrected chi connectivity index (χ0v) is 10.4. The van der Waals surface area contributed by atoms with Crippen molar-refractivity contribution in [1.82, 2.24) is 0 Å². The molecule has 2 atom stereocenters. The number of anilines is 1. The van der Waals surface area contributed by atoms with Gasteiger partial charge in [0, 0.05) is 24.6 Å². The number of benzene rings is 1. The lowest BCUT2D eigenvalue weighted by molar-refractivity contribution is -0.117. The number of hydrogen-bond donors (Lipinski definition) is 0. The first-order valence-corrected chi connectivity index (χ1v) is 6.68. The third-order valence-electron chi connectivity index (χ3n) is 4.25. The minimum atomic E-state index is 0.201. The minimum Gasteiger partial charge on any atom is -0.309 e. The van der Waals surface area contributed by atoms with Crippen molar-refractivity contribution >= 4 is 11.6 Å². The molecule has 1 aliphatic heterocycles. The normalized spacial score (nSPS) is 27.2. The van der Waals surface area contributed by atoms with Gasteiger partial charge in [-0.3, -0.25) is 4.79 Å². The lowest BCUT2D eigenvalue weighted by Gasteiger charge is -2.26. The molecule has 1 heterocycles. The molecule has 0 saturated heterocycles. The summed E-state index contributed by atoms with van der Waals surface area (Å²) in [6, 6.07) is 8.88. The maximum absolute atomic E-state index is 11.9. The van der Waals surface area contributed by atoms with Crippen molar-refractivity contribution in [2.45, 2.75) is 51.0 Å². The lowest BCUT2D eigenvalue weighted by atomic mass is 9.91. The Morgan fingerprint density at radius 2 is 1.94 bits per heavy atom. The summed E-state index contributed by atoms with van der Waals surface area (Å²) in [5, 5.41) is 0. The third-order valence-corrected chi connectivity index (χ3v) is 4.25. The molecule has 1 aliphatic carbocycles. The van der Waals surface area contributed by atoms with Gasteiger partial charge in [0.25, 0.3) is 0 Å². The number of hydrogen-bond acceptors (Lipinski definition) is 1. The molecule has 0 aromatic heterocycles. The van der Waals surface area contributed by atoms with Crippen LogP contribution in [0.3, 0.4) is 0 Å². The van der Waals surface area contributed by atoms with Crippen LogP contribution in [0.15, 0.2) is 24.3 Å². The second-order valence-electron chi connectivity index (χ2n) is 5.26. The fourth-order valence-corrected chi connectivity index (χ4v) is 3.56. The van der Waals surface area contributed by atoms with Crippen LogP contribution >= 0.6 is 0 Å². The van der Waals surface area contributed by atoms with E-state index in [1.165, 1.54) is 37.7 Å². The van der Waals surface area contributed by atoms with Crippen LogP contribution in [0.25, 0.3) is 0 Å². The molecule has 0 bridgehead atoms. The number of amides is 1. The summed E-state index contributed by atoms with van der Waals surface area (Å²) in [7, 11) is 0. The molecule has 0 radical (unpaired) electrons. The van der Waals surface area contributed by atoms with Crippen LogP contribution in [-0.2, 0) is 4.79 Å². The highest BCUT2D eigenvalue weighted by molar-refractivity contribution is 5.95. The van der Waals surface area contributed by atoms with Crippen LogP contribution in [-0.4, -0.2) is 11.9 Å². The van der Waals surface area contributed by atoms with Crippen LogP contribution in [0.5, 0.6) is 0 Å². The van der Waals surface area contributed by atoms with Gasteiger partial charge in [-0.1, -0.05) is 37.5 Å². The van der Waals surface area contributed by atoms with Gasteiger partial charge in [0.2, 0.25) is 5.91 Å². The van der Waals surface area contributed by atoms with Crippen molar-refractivity contribution < 1.29 is 4.79 Å². The minimum absolute atomic E-state index is 0.201. The SMILES string of the molecule is CC(=O)N1c2ccccc2[C@@H]2CCCCC[C@@H]21. The lowest BCUT2D eigenvalue weighted by Crippen LogP contribution is -2.37. The molecule has 2 heteroatoms. The quantitative estimate of drug-likeness (QED) is 0.667. The summed E-state index contributed by atoms with van der Waals surface area (Å²) in [4.78, 5) is 13.9. The molecule has 1 aromatic carbocycles. The molecule has 1 saturated carbocycles. The first-order valence-electron chi connectivity index (χ1n) is 6.68. The zero-order chi connectivity index (χ0) is 11.8. The summed E-state index contributed by atoms with van der Waals surface area (Å²) in [6.07, 6.45) is 6.30. The molecule has 1 aromatic rings. The monoisotopic (exact) mass is 229 g/mol. The standard InChI is InChI=1S/C15H19NO/c1-11(17)16-14-9-4-2-3-7-12(14)13-8-5-6-10-15(13)16/h5-6,8,10,12,14H,2-4,7,9H2,1H3/t12-,14-/m0/s1. The zero-order valence-electron chi connectivity index (χ0n) is 10.4. The second-order valence-corrected chi connectivity index (χ2v) is 5.26. The van der Waals surface area contributed by atoms with Gasteiger partial charge in [-0.25, -0.2) is 0 Å². The summed E-state index contributed by atoms with van der Waals surface area (Å²) in [5.74, 6) is 0.782. The Morgan fingerprint density at radius 3 is 2.76 bits per heavy atom. The Kier molecular flexibility index (Phi) is 2.65. The predicted octanol–water partition coefficient (Wildman–Crippen LogP) is 3.47. The second kappa shape index (κ2) is 4.17. The Labute approximate surface area is 103 Å².